The molecule has 0 atom stereocenters. The van der Waals surface area contributed by atoms with Crippen LogP contribution < -0.4 is 5.32 Å². The summed E-state index contributed by atoms with van der Waals surface area (Å²) in [5.41, 5.74) is 0.164. The third-order valence-corrected chi connectivity index (χ3v) is 3.22. The molecular weight excluding hydrogens is 348 g/mol. The SMILES string of the molecule is CCOC(=O)c1n[nH]nc1-c1c(Cl)cccc1NC(=O)OC(C)(C)C. The van der Waals surface area contributed by atoms with Crippen molar-refractivity contribution in [1.82, 2.24) is 15.4 Å². The van der Waals surface area contributed by atoms with Crippen molar-refractivity contribution < 1.29 is 19.1 Å². The number of halogens is 1. The van der Waals surface area contributed by atoms with E-state index in [1.165, 1.54) is 0 Å². The van der Waals surface area contributed by atoms with E-state index in [2.05, 4.69) is 20.7 Å². The minimum absolute atomic E-state index is 0.0258. The van der Waals surface area contributed by atoms with Gasteiger partial charge >= 0.3 is 12.1 Å². The van der Waals surface area contributed by atoms with Gasteiger partial charge in [-0.3, -0.25) is 5.32 Å². The van der Waals surface area contributed by atoms with Crippen LogP contribution in [-0.2, 0) is 9.47 Å². The Balaban J connectivity index is 2.41. The summed E-state index contributed by atoms with van der Waals surface area (Å²) in [5, 5.41) is 13.1. The van der Waals surface area contributed by atoms with Gasteiger partial charge in [0.2, 0.25) is 0 Å². The topological polar surface area (TPSA) is 106 Å². The van der Waals surface area contributed by atoms with Gasteiger partial charge in [-0.25, -0.2) is 9.59 Å². The number of ether oxygens (including phenoxy) is 2. The largest absolute Gasteiger partial charge is 0.461 e. The molecule has 0 saturated heterocycles. The molecule has 0 aliphatic heterocycles. The normalized spacial score (nSPS) is 11.1. The molecule has 9 heteroatoms. The summed E-state index contributed by atoms with van der Waals surface area (Å²) in [4.78, 5) is 24.1. The molecule has 134 valence electrons. The highest BCUT2D eigenvalue weighted by Crippen LogP contribution is 2.35. The Hall–Kier alpha value is -2.61. The predicted molar refractivity (Wildman–Crippen MR) is 92.6 cm³/mol. The van der Waals surface area contributed by atoms with Gasteiger partial charge in [0, 0.05) is 5.56 Å². The fourth-order valence-corrected chi connectivity index (χ4v) is 2.29. The van der Waals surface area contributed by atoms with E-state index < -0.39 is 17.7 Å². The van der Waals surface area contributed by atoms with Crippen LogP contribution in [0.2, 0.25) is 5.02 Å². The lowest BCUT2D eigenvalue weighted by Crippen LogP contribution is -2.27. The second-order valence-corrected chi connectivity index (χ2v) is 6.44. The van der Waals surface area contributed by atoms with Crippen molar-refractivity contribution in [2.75, 3.05) is 11.9 Å². The monoisotopic (exact) mass is 366 g/mol. The van der Waals surface area contributed by atoms with Gasteiger partial charge in [0.25, 0.3) is 0 Å². The van der Waals surface area contributed by atoms with Crippen molar-refractivity contribution in [2.24, 2.45) is 0 Å². The van der Waals surface area contributed by atoms with E-state index in [9.17, 15) is 9.59 Å². The molecule has 25 heavy (non-hydrogen) atoms. The number of H-pyrrole nitrogens is 1. The van der Waals surface area contributed by atoms with Gasteiger partial charge in [0.15, 0.2) is 5.69 Å². The molecule has 0 saturated carbocycles. The van der Waals surface area contributed by atoms with Crippen molar-refractivity contribution >= 4 is 29.4 Å². The second kappa shape index (κ2) is 7.52. The first kappa shape index (κ1) is 18.7. The molecule has 0 aliphatic rings. The smallest absolute Gasteiger partial charge is 0.412 e. The number of carbonyl (C=O) groups is 2. The van der Waals surface area contributed by atoms with Crippen LogP contribution in [0.1, 0.15) is 38.2 Å². The van der Waals surface area contributed by atoms with Crippen LogP contribution in [-0.4, -0.2) is 39.7 Å². The van der Waals surface area contributed by atoms with Gasteiger partial charge in [-0.05, 0) is 39.8 Å². The average Bonchev–Trinajstić information content (AvgIpc) is 2.94. The summed E-state index contributed by atoms with van der Waals surface area (Å²) >= 11 is 6.27. The molecule has 1 heterocycles. The molecule has 0 aliphatic carbocycles. The molecule has 0 unspecified atom stereocenters. The minimum Gasteiger partial charge on any atom is -0.461 e. The molecule has 1 aromatic carbocycles. The van der Waals surface area contributed by atoms with Gasteiger partial charge in [0.05, 0.1) is 17.3 Å². The molecule has 1 amide bonds. The quantitative estimate of drug-likeness (QED) is 0.800. The van der Waals surface area contributed by atoms with Gasteiger partial charge in [-0.15, -0.1) is 5.10 Å². The van der Waals surface area contributed by atoms with E-state index >= 15 is 0 Å². The molecule has 0 spiro atoms. The molecule has 0 radical (unpaired) electrons. The van der Waals surface area contributed by atoms with Crippen LogP contribution in [0.25, 0.3) is 11.3 Å². The highest BCUT2D eigenvalue weighted by Gasteiger charge is 2.25. The highest BCUT2D eigenvalue weighted by atomic mass is 35.5. The van der Waals surface area contributed by atoms with Crippen molar-refractivity contribution in [1.29, 1.82) is 0 Å². The number of aromatic nitrogens is 3. The molecule has 0 fully saturated rings. The van der Waals surface area contributed by atoms with Crippen molar-refractivity contribution in [3.63, 3.8) is 0 Å². The van der Waals surface area contributed by atoms with E-state index in [4.69, 9.17) is 21.1 Å². The fourth-order valence-electron chi connectivity index (χ4n) is 2.03. The molecule has 0 bridgehead atoms. The molecule has 1 aromatic heterocycles. The van der Waals surface area contributed by atoms with E-state index in [1.54, 1.807) is 45.9 Å². The van der Waals surface area contributed by atoms with E-state index in [-0.39, 0.29) is 23.0 Å². The second-order valence-electron chi connectivity index (χ2n) is 6.03. The van der Waals surface area contributed by atoms with E-state index in [1.807, 2.05) is 0 Å². The number of nitrogens with zero attached hydrogens (tertiary/aromatic N) is 2. The maximum absolute atomic E-state index is 12.1. The molecule has 2 aromatic rings. The highest BCUT2D eigenvalue weighted by molar-refractivity contribution is 6.34. The summed E-state index contributed by atoms with van der Waals surface area (Å²) in [6.45, 7) is 7.13. The molecular formula is C16H19ClN4O4. The van der Waals surface area contributed by atoms with Crippen LogP contribution >= 0.6 is 11.6 Å². The maximum Gasteiger partial charge on any atom is 0.412 e. The Bertz CT molecular complexity index is 783. The minimum atomic E-state index is -0.660. The maximum atomic E-state index is 12.1. The van der Waals surface area contributed by atoms with Crippen molar-refractivity contribution in [2.45, 2.75) is 33.3 Å². The number of benzene rings is 1. The van der Waals surface area contributed by atoms with Gasteiger partial charge in [0.1, 0.15) is 11.3 Å². The number of hydrogen-bond acceptors (Lipinski definition) is 6. The van der Waals surface area contributed by atoms with Gasteiger partial charge in [-0.2, -0.15) is 10.3 Å². The van der Waals surface area contributed by atoms with Crippen LogP contribution in [0.3, 0.4) is 0 Å². The van der Waals surface area contributed by atoms with Crippen LogP contribution in [0, 0.1) is 0 Å². The lowest BCUT2D eigenvalue weighted by molar-refractivity contribution is 0.0519. The van der Waals surface area contributed by atoms with Crippen LogP contribution in [0.5, 0.6) is 0 Å². The summed E-state index contributed by atoms with van der Waals surface area (Å²) in [5.74, 6) is -0.644. The third-order valence-electron chi connectivity index (χ3n) is 2.90. The van der Waals surface area contributed by atoms with Crippen LogP contribution in [0.15, 0.2) is 18.2 Å². The Kier molecular flexibility index (Phi) is 5.63. The summed E-state index contributed by atoms with van der Waals surface area (Å²) in [6, 6.07) is 4.89. The number of nitrogens with one attached hydrogen (secondary N) is 2. The van der Waals surface area contributed by atoms with E-state index in [0.29, 0.717) is 11.3 Å². The number of hydrogen-bond donors (Lipinski definition) is 2. The lowest BCUT2D eigenvalue weighted by Gasteiger charge is -2.20. The zero-order valence-electron chi connectivity index (χ0n) is 14.3. The van der Waals surface area contributed by atoms with Gasteiger partial charge in [-0.1, -0.05) is 17.7 Å². The summed E-state index contributed by atoms with van der Waals surface area (Å²) < 4.78 is 10.2. The van der Waals surface area contributed by atoms with Gasteiger partial charge < -0.3 is 9.47 Å². The Morgan fingerprint density at radius 3 is 2.64 bits per heavy atom. The molecule has 8 nitrogen and oxygen atoms in total. The fraction of sp³-hybridized carbons (Fsp3) is 0.375. The zero-order chi connectivity index (χ0) is 18.6. The number of carbonyl (C=O) groups excluding carboxylic acids is 2. The number of aromatic amines is 1. The first-order chi connectivity index (χ1) is 11.7. The van der Waals surface area contributed by atoms with E-state index in [0.717, 1.165) is 0 Å². The predicted octanol–water partition coefficient (Wildman–Crippen LogP) is 3.65. The molecule has 2 N–H and O–H groups in total. The standard InChI is InChI=1S/C16H19ClN4O4/c1-5-24-14(22)13-12(19-21-20-13)11-9(17)7-6-8-10(11)18-15(23)25-16(2,3)4/h6-8H,5H2,1-4H3,(H,18,23)(H,19,20,21). The third kappa shape index (κ3) is 4.69. The van der Waals surface area contributed by atoms with Crippen molar-refractivity contribution in [3.05, 3.63) is 28.9 Å². The Morgan fingerprint density at radius 2 is 2.00 bits per heavy atom. The summed E-state index contributed by atoms with van der Waals surface area (Å²) in [7, 11) is 0. The first-order valence-corrected chi connectivity index (χ1v) is 7.97. The number of anilines is 1. The van der Waals surface area contributed by atoms with Crippen molar-refractivity contribution in [3.8, 4) is 11.3 Å². The number of esters is 1. The first-order valence-electron chi connectivity index (χ1n) is 7.59. The lowest BCUT2D eigenvalue weighted by atomic mass is 10.1. The average molecular weight is 367 g/mol. The number of amides is 1. The molecule has 2 rings (SSSR count). The van der Waals surface area contributed by atoms with Crippen LogP contribution in [0.4, 0.5) is 10.5 Å². The Morgan fingerprint density at radius 1 is 1.28 bits per heavy atom. The number of rotatable bonds is 4. The summed E-state index contributed by atoms with van der Waals surface area (Å²) in [6.07, 6.45) is -0.655. The Labute approximate surface area is 149 Å². The zero-order valence-corrected chi connectivity index (χ0v) is 15.1.